The number of nitrogens with one attached hydrogen (secondary N) is 2. The van der Waals surface area contributed by atoms with Gasteiger partial charge in [-0.3, -0.25) is 0 Å². The fraction of sp³-hybridized carbons (Fsp3) is 0.278. The number of thiocarbonyl (C=S) groups is 1. The molecule has 0 fully saturated rings. The van der Waals surface area contributed by atoms with Crippen molar-refractivity contribution in [3.63, 3.8) is 0 Å². The molecule has 0 heterocycles. The van der Waals surface area contributed by atoms with Crippen molar-refractivity contribution in [3.8, 4) is 11.5 Å². The Morgan fingerprint density at radius 1 is 1.04 bits per heavy atom. The average Bonchev–Trinajstić information content (AvgIpc) is 2.60. The van der Waals surface area contributed by atoms with E-state index in [9.17, 15) is 0 Å². The molecule has 0 amide bonds. The van der Waals surface area contributed by atoms with Crippen molar-refractivity contribution in [1.29, 1.82) is 0 Å². The molecular weight excluding hydrogens is 308 g/mol. The van der Waals surface area contributed by atoms with E-state index in [4.69, 9.17) is 21.7 Å². The molecule has 23 heavy (non-hydrogen) atoms. The van der Waals surface area contributed by atoms with Crippen molar-refractivity contribution in [3.05, 3.63) is 54.1 Å². The molecule has 5 heteroatoms. The van der Waals surface area contributed by atoms with Crippen LogP contribution in [0.1, 0.15) is 24.9 Å². The molecule has 0 radical (unpaired) electrons. The van der Waals surface area contributed by atoms with Gasteiger partial charge in [0, 0.05) is 11.8 Å². The van der Waals surface area contributed by atoms with Crippen LogP contribution < -0.4 is 20.1 Å². The van der Waals surface area contributed by atoms with Crippen LogP contribution >= 0.6 is 12.2 Å². The average molecular weight is 330 g/mol. The summed E-state index contributed by atoms with van der Waals surface area (Å²) in [5.74, 6) is 1.64. The first-order chi connectivity index (χ1) is 11.2. The minimum Gasteiger partial charge on any atom is -0.497 e. The monoisotopic (exact) mass is 330 g/mol. The van der Waals surface area contributed by atoms with Crippen molar-refractivity contribution in [1.82, 2.24) is 5.32 Å². The van der Waals surface area contributed by atoms with Gasteiger partial charge in [-0.1, -0.05) is 25.1 Å². The van der Waals surface area contributed by atoms with Crippen LogP contribution in [-0.2, 0) is 0 Å². The molecule has 2 rings (SSSR count). The Morgan fingerprint density at radius 3 is 2.35 bits per heavy atom. The molecule has 0 aromatic heterocycles. The number of hydrogen-bond acceptors (Lipinski definition) is 3. The molecule has 2 N–H and O–H groups in total. The van der Waals surface area contributed by atoms with E-state index in [1.54, 1.807) is 14.2 Å². The lowest BCUT2D eigenvalue weighted by Gasteiger charge is -2.20. The molecule has 2 aromatic carbocycles. The summed E-state index contributed by atoms with van der Waals surface area (Å²) >= 11 is 5.42. The maximum Gasteiger partial charge on any atom is 0.171 e. The molecule has 4 nitrogen and oxygen atoms in total. The summed E-state index contributed by atoms with van der Waals surface area (Å²) in [6, 6.07) is 15.8. The first-order valence-electron chi connectivity index (χ1n) is 7.51. The van der Waals surface area contributed by atoms with Gasteiger partial charge in [-0.05, 0) is 48.5 Å². The predicted molar refractivity (Wildman–Crippen MR) is 98.4 cm³/mol. The van der Waals surface area contributed by atoms with Gasteiger partial charge in [0.25, 0.3) is 0 Å². The van der Waals surface area contributed by atoms with E-state index in [1.807, 2.05) is 48.5 Å². The molecule has 0 aliphatic rings. The van der Waals surface area contributed by atoms with Gasteiger partial charge < -0.3 is 20.1 Å². The fourth-order valence-electron chi connectivity index (χ4n) is 2.28. The quantitative estimate of drug-likeness (QED) is 0.779. The number of anilines is 1. The van der Waals surface area contributed by atoms with Gasteiger partial charge in [-0.2, -0.15) is 0 Å². The van der Waals surface area contributed by atoms with Crippen LogP contribution in [0.2, 0.25) is 0 Å². The van der Waals surface area contributed by atoms with E-state index in [0.29, 0.717) is 5.11 Å². The molecule has 0 aliphatic heterocycles. The minimum atomic E-state index is 0.145. The van der Waals surface area contributed by atoms with Gasteiger partial charge in [0.05, 0.1) is 20.3 Å². The largest absolute Gasteiger partial charge is 0.497 e. The predicted octanol–water partition coefficient (Wildman–Crippen LogP) is 4.14. The van der Waals surface area contributed by atoms with Crippen LogP contribution in [0.3, 0.4) is 0 Å². The lowest BCUT2D eigenvalue weighted by atomic mass is 10.0. The third-order valence-electron chi connectivity index (χ3n) is 3.56. The van der Waals surface area contributed by atoms with Gasteiger partial charge >= 0.3 is 0 Å². The van der Waals surface area contributed by atoms with E-state index >= 15 is 0 Å². The van der Waals surface area contributed by atoms with E-state index < -0.39 is 0 Å². The van der Waals surface area contributed by atoms with Crippen LogP contribution in [0.4, 0.5) is 5.69 Å². The van der Waals surface area contributed by atoms with Gasteiger partial charge in [-0.15, -0.1) is 0 Å². The molecule has 0 saturated heterocycles. The molecule has 122 valence electrons. The van der Waals surface area contributed by atoms with E-state index in [2.05, 4.69) is 17.6 Å². The number of methoxy groups -OCH3 is 2. The highest BCUT2D eigenvalue weighted by Gasteiger charge is 2.11. The van der Waals surface area contributed by atoms with Crippen LogP contribution in [0, 0.1) is 0 Å². The first-order valence-corrected chi connectivity index (χ1v) is 7.92. The smallest absolute Gasteiger partial charge is 0.171 e. The topological polar surface area (TPSA) is 42.5 Å². The summed E-state index contributed by atoms with van der Waals surface area (Å²) in [7, 11) is 3.31. The number of rotatable bonds is 6. The summed E-state index contributed by atoms with van der Waals surface area (Å²) in [5, 5.41) is 7.12. The Balaban J connectivity index is 2.01. The second-order valence-electron chi connectivity index (χ2n) is 5.06. The van der Waals surface area contributed by atoms with Crippen molar-refractivity contribution in [2.75, 3.05) is 19.5 Å². The Hall–Kier alpha value is -2.27. The van der Waals surface area contributed by atoms with Crippen molar-refractivity contribution < 1.29 is 9.47 Å². The number of benzene rings is 2. The third kappa shape index (κ3) is 4.86. The van der Waals surface area contributed by atoms with Crippen molar-refractivity contribution in [2.24, 2.45) is 0 Å². The number of hydrogen-bond donors (Lipinski definition) is 2. The molecule has 0 saturated carbocycles. The summed E-state index contributed by atoms with van der Waals surface area (Å²) in [5.41, 5.74) is 2.06. The lowest BCUT2D eigenvalue weighted by Crippen LogP contribution is -2.32. The Bertz CT molecular complexity index is 644. The van der Waals surface area contributed by atoms with E-state index in [-0.39, 0.29) is 6.04 Å². The zero-order chi connectivity index (χ0) is 16.7. The lowest BCUT2D eigenvalue weighted by molar-refractivity contribution is 0.414. The summed E-state index contributed by atoms with van der Waals surface area (Å²) < 4.78 is 10.4. The van der Waals surface area contributed by atoms with Crippen LogP contribution in [-0.4, -0.2) is 19.3 Å². The number of ether oxygens (including phenoxy) is 2. The fourth-order valence-corrected chi connectivity index (χ4v) is 2.54. The summed E-state index contributed by atoms with van der Waals surface area (Å²) in [6.07, 6.45) is 0.923. The Morgan fingerprint density at radius 2 is 1.74 bits per heavy atom. The maximum absolute atomic E-state index is 5.42. The van der Waals surface area contributed by atoms with Crippen molar-refractivity contribution in [2.45, 2.75) is 19.4 Å². The SMILES string of the molecule is CC[C@H](NC(=S)Nc1cccc(OC)c1)c1ccc(OC)cc1. The summed E-state index contributed by atoms with van der Waals surface area (Å²) in [4.78, 5) is 0. The van der Waals surface area contributed by atoms with E-state index in [1.165, 1.54) is 5.56 Å². The third-order valence-corrected chi connectivity index (χ3v) is 3.78. The van der Waals surface area contributed by atoms with Crippen LogP contribution in [0.15, 0.2) is 48.5 Å². The second kappa shape index (κ2) is 8.39. The van der Waals surface area contributed by atoms with Gasteiger partial charge in [-0.25, -0.2) is 0 Å². The highest BCUT2D eigenvalue weighted by molar-refractivity contribution is 7.80. The molecule has 0 aliphatic carbocycles. The standard InChI is InChI=1S/C18H22N2O2S/c1-4-17(13-8-10-15(21-2)11-9-13)20-18(23)19-14-6-5-7-16(12-14)22-3/h5-12,17H,4H2,1-3H3,(H2,19,20,23)/t17-/m0/s1. The highest BCUT2D eigenvalue weighted by atomic mass is 32.1. The van der Waals surface area contributed by atoms with Crippen LogP contribution in [0.5, 0.6) is 11.5 Å². The summed E-state index contributed by atoms with van der Waals surface area (Å²) in [6.45, 7) is 2.12. The van der Waals surface area contributed by atoms with E-state index in [0.717, 1.165) is 23.6 Å². The van der Waals surface area contributed by atoms with Crippen molar-refractivity contribution >= 4 is 23.0 Å². The second-order valence-corrected chi connectivity index (χ2v) is 5.47. The highest BCUT2D eigenvalue weighted by Crippen LogP contribution is 2.21. The zero-order valence-electron chi connectivity index (χ0n) is 13.6. The first kappa shape index (κ1) is 17.1. The van der Waals surface area contributed by atoms with Crippen LogP contribution in [0.25, 0.3) is 0 Å². The molecule has 0 spiro atoms. The van der Waals surface area contributed by atoms with Gasteiger partial charge in [0.2, 0.25) is 0 Å². The Labute approximate surface area is 142 Å². The molecule has 1 atom stereocenters. The van der Waals surface area contributed by atoms with Gasteiger partial charge in [0.1, 0.15) is 11.5 Å². The normalized spacial score (nSPS) is 11.4. The molecular formula is C18H22N2O2S. The molecule has 2 aromatic rings. The molecule has 0 unspecified atom stereocenters. The molecule has 0 bridgehead atoms. The zero-order valence-corrected chi connectivity index (χ0v) is 14.4. The minimum absolute atomic E-state index is 0.145. The van der Waals surface area contributed by atoms with Gasteiger partial charge in [0.15, 0.2) is 5.11 Å². The maximum atomic E-state index is 5.42. The Kier molecular flexibility index (Phi) is 6.23.